The Balaban J connectivity index is 1.77. The van der Waals surface area contributed by atoms with Crippen molar-refractivity contribution in [1.29, 1.82) is 5.26 Å². The molecule has 2 aromatic heterocycles. The monoisotopic (exact) mass is 423 g/mol. The number of hydrogen-bond acceptors (Lipinski definition) is 6. The molecule has 8 heteroatoms. The minimum absolute atomic E-state index is 0.0914. The maximum absolute atomic E-state index is 13.1. The second kappa shape index (κ2) is 7.95. The van der Waals surface area contributed by atoms with E-state index in [0.29, 0.717) is 32.4 Å². The molecule has 0 fully saturated rings. The lowest BCUT2D eigenvalue weighted by atomic mass is 10.2. The Bertz CT molecular complexity index is 1290. The van der Waals surface area contributed by atoms with E-state index in [4.69, 9.17) is 26.3 Å². The van der Waals surface area contributed by atoms with Crippen molar-refractivity contribution in [2.75, 3.05) is 13.7 Å². The first-order valence-corrected chi connectivity index (χ1v) is 9.75. The van der Waals surface area contributed by atoms with Gasteiger partial charge in [0.15, 0.2) is 18.1 Å². The fourth-order valence-corrected chi connectivity index (χ4v) is 4.06. The minimum atomic E-state index is -0.173. The molecule has 0 spiro atoms. The number of ether oxygens (including phenoxy) is 2. The highest BCUT2D eigenvalue weighted by Gasteiger charge is 2.13. The molecule has 144 valence electrons. The molecular weight excluding hydrogens is 410 g/mol. The quantitative estimate of drug-likeness (QED) is 0.465. The van der Waals surface area contributed by atoms with Crippen molar-refractivity contribution in [3.05, 3.63) is 70.2 Å². The molecule has 0 N–H and O–H groups in total. The highest BCUT2D eigenvalue weighted by molar-refractivity contribution is 7.22. The predicted octanol–water partition coefficient (Wildman–Crippen LogP) is 4.68. The third-order valence-corrected chi connectivity index (χ3v) is 5.70. The van der Waals surface area contributed by atoms with Crippen molar-refractivity contribution in [3.63, 3.8) is 0 Å². The normalized spacial score (nSPS) is 10.7. The van der Waals surface area contributed by atoms with Crippen LogP contribution in [0.25, 0.3) is 26.3 Å². The molecule has 6 nitrogen and oxygen atoms in total. The highest BCUT2D eigenvalue weighted by Crippen LogP contribution is 2.32. The molecule has 4 aromatic rings. The van der Waals surface area contributed by atoms with Gasteiger partial charge in [0.25, 0.3) is 5.56 Å². The molecule has 4 rings (SSSR count). The molecule has 0 bridgehead atoms. The molecule has 0 saturated carbocycles. The maximum Gasteiger partial charge on any atom is 0.275 e. The van der Waals surface area contributed by atoms with Crippen LogP contribution >= 0.6 is 22.9 Å². The summed E-state index contributed by atoms with van der Waals surface area (Å²) >= 11 is 7.34. The van der Waals surface area contributed by atoms with Gasteiger partial charge in [0.1, 0.15) is 17.1 Å². The van der Waals surface area contributed by atoms with Crippen LogP contribution in [-0.4, -0.2) is 23.3 Å². The van der Waals surface area contributed by atoms with Crippen LogP contribution in [-0.2, 0) is 0 Å². The Morgan fingerprint density at radius 3 is 2.69 bits per heavy atom. The molecule has 29 heavy (non-hydrogen) atoms. The van der Waals surface area contributed by atoms with Gasteiger partial charge in [-0.3, -0.25) is 9.36 Å². The predicted molar refractivity (Wildman–Crippen MR) is 113 cm³/mol. The molecule has 0 aliphatic carbocycles. The molecule has 0 aliphatic heterocycles. The van der Waals surface area contributed by atoms with Crippen LogP contribution in [0.15, 0.2) is 59.7 Å². The van der Waals surface area contributed by atoms with Gasteiger partial charge in [-0.1, -0.05) is 23.7 Å². The van der Waals surface area contributed by atoms with Crippen molar-refractivity contribution in [1.82, 2.24) is 9.55 Å². The van der Waals surface area contributed by atoms with Crippen LogP contribution < -0.4 is 15.0 Å². The summed E-state index contributed by atoms with van der Waals surface area (Å²) in [5, 5.41) is 9.34. The molecular formula is C21H14ClN3O3S. The van der Waals surface area contributed by atoms with E-state index in [0.717, 1.165) is 10.4 Å². The summed E-state index contributed by atoms with van der Waals surface area (Å²) in [5.74, 6) is 0.860. The zero-order valence-corrected chi connectivity index (χ0v) is 16.8. The molecule has 0 radical (unpaired) electrons. The van der Waals surface area contributed by atoms with Crippen LogP contribution in [0, 0.1) is 11.3 Å². The minimum Gasteiger partial charge on any atom is -0.493 e. The third-order valence-electron chi connectivity index (χ3n) is 4.28. The first kappa shape index (κ1) is 19.0. The number of aromatic nitrogens is 2. The van der Waals surface area contributed by atoms with E-state index < -0.39 is 0 Å². The Kier molecular flexibility index (Phi) is 5.21. The molecule has 2 heterocycles. The SMILES string of the molecule is COc1cc(-n2cnc3cc(-c4ccc(Cl)cc4)sc3c2=O)ccc1OCC#N. The van der Waals surface area contributed by atoms with Gasteiger partial charge in [-0.25, -0.2) is 4.98 Å². The van der Waals surface area contributed by atoms with Crippen LogP contribution in [0.5, 0.6) is 11.5 Å². The van der Waals surface area contributed by atoms with Gasteiger partial charge in [0.05, 0.1) is 18.3 Å². The van der Waals surface area contributed by atoms with Gasteiger partial charge < -0.3 is 9.47 Å². The molecule has 0 atom stereocenters. The molecule has 0 unspecified atom stereocenters. The summed E-state index contributed by atoms with van der Waals surface area (Å²) in [6.45, 7) is -0.0914. The van der Waals surface area contributed by atoms with Crippen LogP contribution in [0.2, 0.25) is 5.02 Å². The number of halogens is 1. The topological polar surface area (TPSA) is 77.1 Å². The number of fused-ring (bicyclic) bond motifs is 1. The Hall–Kier alpha value is -3.34. The summed E-state index contributed by atoms with van der Waals surface area (Å²) in [6, 6.07) is 16.3. The van der Waals surface area contributed by atoms with E-state index in [-0.39, 0.29) is 12.2 Å². The van der Waals surface area contributed by atoms with Crippen molar-refractivity contribution < 1.29 is 9.47 Å². The zero-order chi connectivity index (χ0) is 20.4. The average molecular weight is 424 g/mol. The number of rotatable bonds is 5. The second-order valence-electron chi connectivity index (χ2n) is 6.03. The fraction of sp³-hybridized carbons (Fsp3) is 0.0952. The number of nitrogens with zero attached hydrogens (tertiary/aromatic N) is 3. The third kappa shape index (κ3) is 3.68. The number of methoxy groups -OCH3 is 1. The van der Waals surface area contributed by atoms with Crippen molar-refractivity contribution >= 4 is 33.2 Å². The lowest BCUT2D eigenvalue weighted by molar-refractivity contribution is 0.329. The van der Waals surface area contributed by atoms with E-state index >= 15 is 0 Å². The van der Waals surface area contributed by atoms with Crippen LogP contribution in [0.1, 0.15) is 0 Å². The summed E-state index contributed by atoms with van der Waals surface area (Å²) in [5.41, 5.74) is 2.03. The van der Waals surface area contributed by atoms with Gasteiger partial charge in [0, 0.05) is 16.0 Å². The number of benzene rings is 2. The average Bonchev–Trinajstić information content (AvgIpc) is 3.18. The fourth-order valence-electron chi connectivity index (χ4n) is 2.89. The first-order chi connectivity index (χ1) is 14.1. The zero-order valence-electron chi connectivity index (χ0n) is 15.3. The smallest absolute Gasteiger partial charge is 0.275 e. The van der Waals surface area contributed by atoms with Crippen LogP contribution in [0.3, 0.4) is 0 Å². The molecule has 2 aromatic carbocycles. The maximum atomic E-state index is 13.1. The van der Waals surface area contributed by atoms with E-state index in [1.54, 1.807) is 18.2 Å². The lowest BCUT2D eigenvalue weighted by Gasteiger charge is -2.11. The van der Waals surface area contributed by atoms with Crippen molar-refractivity contribution in [2.24, 2.45) is 0 Å². The summed E-state index contributed by atoms with van der Waals surface area (Å²) in [6.07, 6.45) is 1.49. The van der Waals surface area contributed by atoms with Crippen LogP contribution in [0.4, 0.5) is 0 Å². The first-order valence-electron chi connectivity index (χ1n) is 8.56. The number of nitriles is 1. The second-order valence-corrected chi connectivity index (χ2v) is 7.52. The highest BCUT2D eigenvalue weighted by atomic mass is 35.5. The van der Waals surface area contributed by atoms with Gasteiger partial charge >= 0.3 is 0 Å². The summed E-state index contributed by atoms with van der Waals surface area (Å²) in [7, 11) is 1.50. The largest absolute Gasteiger partial charge is 0.493 e. The molecule has 0 saturated heterocycles. The van der Waals surface area contributed by atoms with E-state index in [1.165, 1.54) is 29.3 Å². The van der Waals surface area contributed by atoms with E-state index in [9.17, 15) is 4.79 Å². The Morgan fingerprint density at radius 1 is 1.17 bits per heavy atom. The van der Waals surface area contributed by atoms with Crippen molar-refractivity contribution in [2.45, 2.75) is 0 Å². The summed E-state index contributed by atoms with van der Waals surface area (Å²) in [4.78, 5) is 18.5. The molecule has 0 aliphatic rings. The van der Waals surface area contributed by atoms with E-state index in [1.807, 2.05) is 36.4 Å². The Morgan fingerprint density at radius 2 is 1.97 bits per heavy atom. The summed E-state index contributed by atoms with van der Waals surface area (Å²) < 4.78 is 12.7. The number of hydrogen-bond donors (Lipinski definition) is 0. The number of thiophene rings is 1. The lowest BCUT2D eigenvalue weighted by Crippen LogP contribution is -2.17. The Labute approximate surface area is 175 Å². The van der Waals surface area contributed by atoms with Gasteiger partial charge in [-0.2, -0.15) is 5.26 Å². The van der Waals surface area contributed by atoms with Crippen molar-refractivity contribution in [3.8, 4) is 33.7 Å². The standard InChI is InChI=1S/C21H14ClN3O3S/c1-27-18-10-15(6-7-17(18)28-9-8-23)25-12-24-16-11-19(29-20(16)21(25)26)13-2-4-14(22)5-3-13/h2-7,10-12H,9H2,1H3. The van der Waals surface area contributed by atoms with Gasteiger partial charge in [-0.05, 0) is 35.9 Å². The van der Waals surface area contributed by atoms with Gasteiger partial charge in [-0.15, -0.1) is 11.3 Å². The van der Waals surface area contributed by atoms with Gasteiger partial charge in [0.2, 0.25) is 0 Å². The van der Waals surface area contributed by atoms with E-state index in [2.05, 4.69) is 4.98 Å². The molecule has 0 amide bonds.